The number of carbonyl (C=O) groups excluding carboxylic acids is 1. The number of carbonyl (C=O) groups is 1. The molecule has 0 heterocycles. The third kappa shape index (κ3) is 2.64. The first-order valence-corrected chi connectivity index (χ1v) is 3.80. The minimum Gasteiger partial charge on any atom is -0.281 e. The number of hydrogen-bond donors (Lipinski definition) is 1. The molecule has 1 amide bonds. The lowest BCUT2D eigenvalue weighted by Crippen LogP contribution is -2.25. The summed E-state index contributed by atoms with van der Waals surface area (Å²) in [7, 11) is -3.74. The molecule has 0 atom stereocenters. The van der Waals surface area contributed by atoms with Crippen LogP contribution in [0.15, 0.2) is 11.6 Å². The van der Waals surface area contributed by atoms with Gasteiger partial charge in [0, 0.05) is 7.05 Å². The van der Waals surface area contributed by atoms with Crippen molar-refractivity contribution in [2.24, 2.45) is 0 Å². The van der Waals surface area contributed by atoms with Gasteiger partial charge < -0.3 is 0 Å². The Morgan fingerprint density at radius 3 is 2.09 bits per heavy atom. The molecule has 64 valence electrons. The maximum Gasteiger partial charge on any atom is 0.404 e. The summed E-state index contributed by atoms with van der Waals surface area (Å²) in [6, 6.07) is 0. The van der Waals surface area contributed by atoms with Crippen LogP contribution in [0.5, 0.6) is 0 Å². The summed E-state index contributed by atoms with van der Waals surface area (Å²) in [5.41, 5.74) is 0. The lowest BCUT2D eigenvalue weighted by Gasteiger charge is -2.10. The third-order valence-electron chi connectivity index (χ3n) is 0.936. The number of rotatable bonds is 2. The van der Waals surface area contributed by atoms with Crippen molar-refractivity contribution in [2.75, 3.05) is 7.05 Å². The Morgan fingerprint density at radius 1 is 1.64 bits per heavy atom. The Hall–Kier alpha value is -0.950. The predicted octanol–water partition coefficient (Wildman–Crippen LogP) is 0.367. The molecule has 11 heavy (non-hydrogen) atoms. The Morgan fingerprint density at radius 2 is 2.00 bits per heavy atom. The van der Waals surface area contributed by atoms with Gasteiger partial charge in [-0.05, 0) is 0 Å². The normalized spacial score (nSPS) is 10.8. The molecule has 0 bridgehead atoms. The van der Waals surface area contributed by atoms with Crippen LogP contribution in [0, 0.1) is 0 Å². The predicted molar refractivity (Wildman–Crippen MR) is 35.0 cm³/mol. The Bertz CT molecular complexity index is 282. The minimum atomic E-state index is -4.58. The summed E-state index contributed by atoms with van der Waals surface area (Å²) < 4.78 is 40.3. The van der Waals surface area contributed by atoms with Gasteiger partial charge in [0.25, 0.3) is 0 Å². The van der Waals surface area contributed by atoms with Crippen LogP contribution in [-0.2, 0) is 10.1 Å². The van der Waals surface area contributed by atoms with E-state index in [0.29, 0.717) is 0 Å². The van der Waals surface area contributed by atoms with E-state index in [1.165, 1.54) is 0 Å². The van der Waals surface area contributed by atoms with Crippen molar-refractivity contribution in [3.63, 3.8) is 0 Å². The first-order chi connectivity index (χ1) is 4.76. The second kappa shape index (κ2) is 2.97. The molecule has 0 aromatic heterocycles. The van der Waals surface area contributed by atoms with E-state index >= 15 is 0 Å². The molecule has 0 aromatic rings. The first kappa shape index (κ1) is 10.0. The van der Waals surface area contributed by atoms with E-state index in [4.69, 9.17) is 4.55 Å². The first-order valence-electron chi connectivity index (χ1n) is 2.36. The quantitative estimate of drug-likeness (QED) is 0.381. The van der Waals surface area contributed by atoms with Gasteiger partial charge >= 0.3 is 16.3 Å². The summed E-state index contributed by atoms with van der Waals surface area (Å²) in [6.45, 7) is 2.77. The molecule has 0 saturated heterocycles. The molecular weight excluding hydrogens is 177 g/mol. The molecule has 0 rings (SSSR count). The lowest BCUT2D eigenvalue weighted by molar-refractivity contribution is 0.198. The van der Waals surface area contributed by atoms with Gasteiger partial charge in [-0.2, -0.15) is 8.42 Å². The number of nitrogens with zero attached hydrogens (tertiary/aromatic N) is 1. The van der Waals surface area contributed by atoms with Crippen molar-refractivity contribution >= 4 is 16.3 Å². The van der Waals surface area contributed by atoms with Crippen molar-refractivity contribution in [1.82, 2.24) is 4.90 Å². The molecule has 0 saturated carbocycles. The highest BCUT2D eigenvalue weighted by Crippen LogP contribution is 2.06. The van der Waals surface area contributed by atoms with Crippen LogP contribution in [0.2, 0.25) is 0 Å². The maximum absolute atomic E-state index is 11.7. The molecule has 0 aliphatic carbocycles. The molecule has 5 nitrogen and oxygen atoms in total. The van der Waals surface area contributed by atoms with Crippen molar-refractivity contribution in [3.8, 4) is 0 Å². The summed E-state index contributed by atoms with van der Waals surface area (Å²) in [4.78, 5) is 9.93. The van der Waals surface area contributed by atoms with Gasteiger partial charge in [-0.15, -0.1) is 4.39 Å². The van der Waals surface area contributed by atoms with Crippen molar-refractivity contribution in [2.45, 2.75) is 0 Å². The minimum absolute atomic E-state index is 0.0787. The highest BCUT2D eigenvalue weighted by molar-refractivity contribution is 7.89. The van der Waals surface area contributed by atoms with E-state index in [1.54, 1.807) is 0 Å². The smallest absolute Gasteiger partial charge is 0.281 e. The molecule has 0 aromatic carbocycles. The van der Waals surface area contributed by atoms with E-state index < -0.39 is 21.3 Å². The molecule has 0 unspecified atom stereocenters. The van der Waals surface area contributed by atoms with Crippen LogP contribution < -0.4 is 0 Å². The fraction of sp³-hybridized carbons (Fsp3) is 0.250. The van der Waals surface area contributed by atoms with Gasteiger partial charge in [0.15, 0.2) is 5.03 Å². The fourth-order valence-electron chi connectivity index (χ4n) is 0.271. The van der Waals surface area contributed by atoms with Crippen LogP contribution in [0.1, 0.15) is 0 Å². The van der Waals surface area contributed by atoms with Crippen molar-refractivity contribution in [3.05, 3.63) is 11.6 Å². The van der Waals surface area contributed by atoms with Crippen LogP contribution >= 0.6 is 0 Å². The summed E-state index contributed by atoms with van der Waals surface area (Å²) in [5, 5.41) is -0.995. The van der Waals surface area contributed by atoms with E-state index in [0.717, 1.165) is 7.05 Å². The van der Waals surface area contributed by atoms with E-state index in [1.807, 2.05) is 0 Å². The van der Waals surface area contributed by atoms with Crippen LogP contribution in [-0.4, -0.2) is 31.1 Å². The molecule has 1 N–H and O–H groups in total. The van der Waals surface area contributed by atoms with Crippen LogP contribution in [0.4, 0.5) is 9.18 Å². The van der Waals surface area contributed by atoms with Crippen LogP contribution in [0.3, 0.4) is 0 Å². The standard InChI is InChI=1S/C4H6FNO4S/c1-3(11(8,9)10)6(2)4(5)7/h1H2,2H3,(H,8,9,10). The van der Waals surface area contributed by atoms with Crippen molar-refractivity contribution in [1.29, 1.82) is 0 Å². The SMILES string of the molecule is C=C(N(C)C(=O)F)S(=O)(=O)O. The average molecular weight is 183 g/mol. The van der Waals surface area contributed by atoms with Crippen LogP contribution in [0.25, 0.3) is 0 Å². The fourth-order valence-corrected chi connectivity index (χ4v) is 0.689. The Labute approximate surface area is 62.9 Å². The number of amides is 1. The zero-order valence-corrected chi connectivity index (χ0v) is 6.43. The zero-order valence-electron chi connectivity index (χ0n) is 5.61. The molecule has 7 heteroatoms. The number of hydrogen-bond acceptors (Lipinski definition) is 3. The highest BCUT2D eigenvalue weighted by Gasteiger charge is 2.20. The average Bonchev–Trinajstić information content (AvgIpc) is 1.82. The van der Waals surface area contributed by atoms with Gasteiger partial charge in [0.1, 0.15) is 0 Å². The largest absolute Gasteiger partial charge is 0.404 e. The second-order valence-corrected chi connectivity index (χ2v) is 3.10. The molecule has 0 spiro atoms. The topological polar surface area (TPSA) is 74.7 Å². The van der Waals surface area contributed by atoms with E-state index in [-0.39, 0.29) is 4.90 Å². The monoisotopic (exact) mass is 183 g/mol. The van der Waals surface area contributed by atoms with Gasteiger partial charge in [-0.1, -0.05) is 6.58 Å². The van der Waals surface area contributed by atoms with Gasteiger partial charge in [0.2, 0.25) is 0 Å². The Kier molecular flexibility index (Phi) is 2.71. The molecule has 0 aliphatic rings. The lowest BCUT2D eigenvalue weighted by atomic mass is 10.8. The summed E-state index contributed by atoms with van der Waals surface area (Å²) in [5.74, 6) is 0. The zero-order chi connectivity index (χ0) is 9.23. The van der Waals surface area contributed by atoms with E-state index in [2.05, 4.69) is 6.58 Å². The van der Waals surface area contributed by atoms with Gasteiger partial charge in [-0.25, -0.2) is 4.79 Å². The maximum atomic E-state index is 11.7. The molecule has 0 aliphatic heterocycles. The summed E-state index contributed by atoms with van der Waals surface area (Å²) in [6.07, 6.45) is -2.01. The third-order valence-corrected chi connectivity index (χ3v) is 1.80. The summed E-state index contributed by atoms with van der Waals surface area (Å²) >= 11 is 0. The molecular formula is C4H6FNO4S. The molecule has 0 fully saturated rings. The van der Waals surface area contributed by atoms with Crippen molar-refractivity contribution < 1.29 is 22.2 Å². The highest BCUT2D eigenvalue weighted by atomic mass is 32.2. The Balaban J connectivity index is 4.67. The molecule has 0 radical (unpaired) electrons. The number of halogens is 1. The van der Waals surface area contributed by atoms with E-state index in [9.17, 15) is 17.6 Å². The second-order valence-electron chi connectivity index (χ2n) is 1.68. The van der Waals surface area contributed by atoms with Gasteiger partial charge in [0.05, 0.1) is 0 Å². The van der Waals surface area contributed by atoms with Gasteiger partial charge in [-0.3, -0.25) is 9.45 Å².